The number of carbonyl (C=O) groups excluding carboxylic acids is 1. The van der Waals surface area contributed by atoms with E-state index in [9.17, 15) is 14.0 Å². The monoisotopic (exact) mass is 570 g/mol. The predicted molar refractivity (Wildman–Crippen MR) is 155 cm³/mol. The first-order chi connectivity index (χ1) is 19.7. The molecule has 1 aliphatic heterocycles. The van der Waals surface area contributed by atoms with Crippen molar-refractivity contribution in [1.29, 1.82) is 0 Å². The SMILES string of the molecule is CCN(C(=O)c1cc(F)ccc1Oc1cncnc1NCC1CCN(CC2CCC(NC(=O)O)CC2)CC1)C(C)C. The van der Waals surface area contributed by atoms with E-state index in [1.54, 1.807) is 11.1 Å². The van der Waals surface area contributed by atoms with E-state index in [0.29, 0.717) is 29.9 Å². The first kappa shape index (κ1) is 30.5. The van der Waals surface area contributed by atoms with Gasteiger partial charge in [0.25, 0.3) is 5.91 Å². The Balaban J connectivity index is 1.30. The molecule has 41 heavy (non-hydrogen) atoms. The number of nitrogens with one attached hydrogen (secondary N) is 2. The Bertz CT molecular complexity index is 1170. The number of halogens is 1. The molecule has 1 aliphatic carbocycles. The molecule has 1 saturated carbocycles. The fourth-order valence-electron chi connectivity index (χ4n) is 5.94. The number of nitrogens with zero attached hydrogens (tertiary/aromatic N) is 4. The van der Waals surface area contributed by atoms with Crippen molar-refractivity contribution >= 4 is 17.8 Å². The zero-order valence-corrected chi connectivity index (χ0v) is 24.3. The first-order valence-corrected chi connectivity index (χ1v) is 14.8. The summed E-state index contributed by atoms with van der Waals surface area (Å²) in [5, 5.41) is 15.0. The Hall–Kier alpha value is -3.47. The number of hydrogen-bond acceptors (Lipinski definition) is 7. The zero-order valence-electron chi connectivity index (χ0n) is 24.3. The van der Waals surface area contributed by atoms with E-state index in [-0.39, 0.29) is 29.3 Å². The van der Waals surface area contributed by atoms with Crippen LogP contribution in [-0.2, 0) is 0 Å². The number of carbonyl (C=O) groups is 2. The van der Waals surface area contributed by atoms with Crippen molar-refractivity contribution in [3.63, 3.8) is 0 Å². The molecule has 2 amide bonds. The zero-order chi connectivity index (χ0) is 29.4. The van der Waals surface area contributed by atoms with Crippen LogP contribution in [0.5, 0.6) is 11.5 Å². The average Bonchev–Trinajstić information content (AvgIpc) is 2.95. The summed E-state index contributed by atoms with van der Waals surface area (Å²) in [6, 6.07) is 4.02. The molecule has 0 bridgehead atoms. The second kappa shape index (κ2) is 14.4. The van der Waals surface area contributed by atoms with E-state index in [2.05, 4.69) is 25.5 Å². The number of likely N-dealkylation sites (tertiary alicyclic amines) is 1. The van der Waals surface area contributed by atoms with Crippen LogP contribution >= 0.6 is 0 Å². The van der Waals surface area contributed by atoms with Gasteiger partial charge in [0.15, 0.2) is 11.6 Å². The van der Waals surface area contributed by atoms with E-state index in [0.717, 1.165) is 64.7 Å². The smallest absolute Gasteiger partial charge is 0.404 e. The van der Waals surface area contributed by atoms with Crippen molar-refractivity contribution in [2.24, 2.45) is 11.8 Å². The maximum absolute atomic E-state index is 14.1. The first-order valence-electron chi connectivity index (χ1n) is 14.8. The fourth-order valence-corrected chi connectivity index (χ4v) is 5.94. The van der Waals surface area contributed by atoms with Crippen LogP contribution < -0.4 is 15.4 Å². The van der Waals surface area contributed by atoms with Crippen LogP contribution in [-0.4, -0.2) is 81.7 Å². The van der Waals surface area contributed by atoms with Gasteiger partial charge in [-0.05, 0) is 102 Å². The van der Waals surface area contributed by atoms with Gasteiger partial charge in [-0.1, -0.05) is 0 Å². The van der Waals surface area contributed by atoms with Crippen LogP contribution in [0, 0.1) is 17.7 Å². The minimum atomic E-state index is -0.926. The third-order valence-corrected chi connectivity index (χ3v) is 8.25. The summed E-state index contributed by atoms with van der Waals surface area (Å²) in [5.41, 5.74) is 0.161. The summed E-state index contributed by atoms with van der Waals surface area (Å²) in [5.74, 6) is 1.49. The van der Waals surface area contributed by atoms with E-state index in [1.807, 2.05) is 20.8 Å². The van der Waals surface area contributed by atoms with Gasteiger partial charge >= 0.3 is 6.09 Å². The molecule has 0 unspecified atom stereocenters. The number of rotatable bonds is 11. The van der Waals surface area contributed by atoms with Gasteiger partial charge in [0.2, 0.25) is 0 Å². The number of anilines is 1. The molecule has 2 aliphatic rings. The van der Waals surface area contributed by atoms with Gasteiger partial charge in [-0.3, -0.25) is 4.79 Å². The highest BCUT2D eigenvalue weighted by atomic mass is 19.1. The second-order valence-electron chi connectivity index (χ2n) is 11.5. The van der Waals surface area contributed by atoms with Gasteiger partial charge in [0.1, 0.15) is 17.9 Å². The van der Waals surface area contributed by atoms with Crippen molar-refractivity contribution < 1.29 is 23.8 Å². The van der Waals surface area contributed by atoms with Gasteiger partial charge < -0.3 is 30.3 Å². The normalized spacial score (nSPS) is 20.0. The van der Waals surface area contributed by atoms with Crippen molar-refractivity contribution in [2.75, 3.05) is 38.0 Å². The number of aromatic nitrogens is 2. The second-order valence-corrected chi connectivity index (χ2v) is 11.5. The minimum Gasteiger partial charge on any atom is -0.465 e. The Morgan fingerprint density at radius 1 is 1.12 bits per heavy atom. The number of hydrogen-bond donors (Lipinski definition) is 3. The van der Waals surface area contributed by atoms with E-state index >= 15 is 0 Å². The maximum atomic E-state index is 14.1. The van der Waals surface area contributed by atoms with Crippen LogP contribution in [0.25, 0.3) is 0 Å². The van der Waals surface area contributed by atoms with Gasteiger partial charge in [-0.25, -0.2) is 19.2 Å². The van der Waals surface area contributed by atoms with Crippen molar-refractivity contribution in [3.8, 4) is 11.5 Å². The van der Waals surface area contributed by atoms with E-state index in [4.69, 9.17) is 9.84 Å². The molecule has 1 aromatic carbocycles. The third-order valence-electron chi connectivity index (χ3n) is 8.25. The largest absolute Gasteiger partial charge is 0.465 e. The van der Waals surface area contributed by atoms with Gasteiger partial charge in [-0.2, -0.15) is 0 Å². The summed E-state index contributed by atoms with van der Waals surface area (Å²) in [7, 11) is 0. The lowest BCUT2D eigenvalue weighted by molar-refractivity contribution is 0.0713. The summed E-state index contributed by atoms with van der Waals surface area (Å²) < 4.78 is 20.3. The van der Waals surface area contributed by atoms with Crippen molar-refractivity contribution in [3.05, 3.63) is 42.1 Å². The third kappa shape index (κ3) is 8.51. The fraction of sp³-hybridized carbons (Fsp3) is 0.600. The maximum Gasteiger partial charge on any atom is 0.404 e. The number of benzene rings is 1. The topological polar surface area (TPSA) is 120 Å². The Morgan fingerprint density at radius 2 is 1.85 bits per heavy atom. The molecular formula is C30H43FN6O4. The molecule has 2 fully saturated rings. The lowest BCUT2D eigenvalue weighted by Crippen LogP contribution is -2.41. The van der Waals surface area contributed by atoms with E-state index < -0.39 is 11.9 Å². The summed E-state index contributed by atoms with van der Waals surface area (Å²) in [4.78, 5) is 36.8. The number of piperidine rings is 1. The van der Waals surface area contributed by atoms with Crippen LogP contribution in [0.4, 0.5) is 15.0 Å². The Labute approximate surface area is 241 Å². The summed E-state index contributed by atoms with van der Waals surface area (Å²) in [6.45, 7) is 10.1. The highest BCUT2D eigenvalue weighted by Crippen LogP contribution is 2.32. The summed E-state index contributed by atoms with van der Waals surface area (Å²) in [6.07, 6.45) is 8.20. The molecule has 2 aromatic rings. The molecule has 11 heteroatoms. The molecule has 0 spiro atoms. The van der Waals surface area contributed by atoms with Crippen LogP contribution in [0.2, 0.25) is 0 Å². The number of carboxylic acid groups (broad SMARTS) is 1. The van der Waals surface area contributed by atoms with Crippen LogP contribution in [0.3, 0.4) is 0 Å². The quantitative estimate of drug-likeness (QED) is 0.336. The van der Waals surface area contributed by atoms with Crippen LogP contribution in [0.1, 0.15) is 69.7 Å². The lowest BCUT2D eigenvalue weighted by Gasteiger charge is -2.36. The molecule has 224 valence electrons. The Kier molecular flexibility index (Phi) is 10.7. The summed E-state index contributed by atoms with van der Waals surface area (Å²) >= 11 is 0. The molecule has 0 radical (unpaired) electrons. The van der Waals surface area contributed by atoms with Gasteiger partial charge in [0.05, 0.1) is 11.8 Å². The molecule has 2 heterocycles. The highest BCUT2D eigenvalue weighted by molar-refractivity contribution is 5.97. The molecule has 10 nitrogen and oxygen atoms in total. The molecule has 1 aromatic heterocycles. The Morgan fingerprint density at radius 3 is 2.51 bits per heavy atom. The molecule has 1 saturated heterocycles. The minimum absolute atomic E-state index is 0.0385. The predicted octanol–water partition coefficient (Wildman–Crippen LogP) is 5.23. The number of ether oxygens (including phenoxy) is 1. The molecule has 0 atom stereocenters. The lowest BCUT2D eigenvalue weighted by atomic mass is 9.85. The van der Waals surface area contributed by atoms with E-state index in [1.165, 1.54) is 24.5 Å². The van der Waals surface area contributed by atoms with Gasteiger partial charge in [0, 0.05) is 31.7 Å². The standard InChI is InChI=1S/C30H43FN6O4/c1-4-37(20(2)3)29(38)25-15-23(31)7-10-26(25)41-27-17-32-19-34-28(27)33-16-21-11-13-36(14-12-21)18-22-5-8-24(9-6-22)35-30(39)40/h7,10,15,17,19-22,24,35H,4-6,8-9,11-14,16,18H2,1-3H3,(H,39,40)(H,32,33,34). The van der Waals surface area contributed by atoms with Gasteiger partial charge in [-0.15, -0.1) is 0 Å². The molecule has 3 N–H and O–H groups in total. The highest BCUT2D eigenvalue weighted by Gasteiger charge is 2.27. The molecular weight excluding hydrogens is 527 g/mol. The number of amides is 2. The molecule has 4 rings (SSSR count). The van der Waals surface area contributed by atoms with Crippen molar-refractivity contribution in [2.45, 2.75) is 71.4 Å². The van der Waals surface area contributed by atoms with Crippen LogP contribution in [0.15, 0.2) is 30.7 Å². The average molecular weight is 571 g/mol. The van der Waals surface area contributed by atoms with Crippen molar-refractivity contribution in [1.82, 2.24) is 25.1 Å².